The average molecular weight is 617 g/mol. The van der Waals surface area contributed by atoms with Gasteiger partial charge in [0.1, 0.15) is 0 Å². The van der Waals surface area contributed by atoms with Crippen molar-refractivity contribution in [2.75, 3.05) is 0 Å². The van der Waals surface area contributed by atoms with Crippen molar-refractivity contribution in [1.29, 1.82) is 0 Å². The fourth-order valence-electron chi connectivity index (χ4n) is 5.67. The van der Waals surface area contributed by atoms with Crippen molar-refractivity contribution in [2.24, 2.45) is 0 Å². The highest BCUT2D eigenvalue weighted by Crippen LogP contribution is 2.33. The molecule has 0 amide bonds. The van der Waals surface area contributed by atoms with Gasteiger partial charge in [0.15, 0.2) is 23.3 Å². The summed E-state index contributed by atoms with van der Waals surface area (Å²) < 4.78 is 0. The molecule has 5 aromatic carbocycles. The van der Waals surface area contributed by atoms with E-state index in [1.54, 1.807) is 12.4 Å². The van der Waals surface area contributed by atoms with Crippen LogP contribution in [0.2, 0.25) is 0 Å². The van der Waals surface area contributed by atoms with Gasteiger partial charge in [-0.1, -0.05) is 115 Å². The van der Waals surface area contributed by atoms with Crippen molar-refractivity contribution in [3.05, 3.63) is 170 Å². The zero-order valence-electron chi connectivity index (χ0n) is 25.8. The minimum absolute atomic E-state index is 0.570. The molecule has 6 nitrogen and oxygen atoms in total. The van der Waals surface area contributed by atoms with Gasteiger partial charge in [0.2, 0.25) is 0 Å². The molecule has 0 spiro atoms. The highest BCUT2D eigenvalue weighted by atomic mass is 15.0. The molecule has 0 radical (unpaired) electrons. The van der Waals surface area contributed by atoms with Gasteiger partial charge in [-0.2, -0.15) is 0 Å². The Kier molecular flexibility index (Phi) is 7.79. The second kappa shape index (κ2) is 13.0. The summed E-state index contributed by atoms with van der Waals surface area (Å²) in [5.74, 6) is 2.41. The van der Waals surface area contributed by atoms with E-state index >= 15 is 0 Å². The Bertz CT molecular complexity index is 2250. The molecule has 0 aliphatic rings. The molecule has 0 fully saturated rings. The number of aromatic nitrogens is 6. The van der Waals surface area contributed by atoms with E-state index in [0.29, 0.717) is 23.3 Å². The lowest BCUT2D eigenvalue weighted by molar-refractivity contribution is 1.07. The molecule has 8 aromatic rings. The number of pyridine rings is 1. The third-order valence-electron chi connectivity index (χ3n) is 8.10. The van der Waals surface area contributed by atoms with Crippen LogP contribution in [0, 0.1) is 0 Å². The van der Waals surface area contributed by atoms with Crippen LogP contribution in [0.1, 0.15) is 0 Å². The number of nitrogens with zero attached hydrogens (tertiary/aromatic N) is 6. The van der Waals surface area contributed by atoms with E-state index in [1.807, 2.05) is 91.1 Å². The zero-order valence-corrected chi connectivity index (χ0v) is 25.8. The first-order valence-corrected chi connectivity index (χ1v) is 15.7. The van der Waals surface area contributed by atoms with Crippen molar-refractivity contribution < 1.29 is 0 Å². The van der Waals surface area contributed by atoms with Crippen LogP contribution in [0.5, 0.6) is 0 Å². The maximum Gasteiger partial charge on any atom is 0.164 e. The van der Waals surface area contributed by atoms with Gasteiger partial charge in [-0.05, 0) is 58.7 Å². The molecule has 6 heteroatoms. The lowest BCUT2D eigenvalue weighted by Gasteiger charge is -2.12. The van der Waals surface area contributed by atoms with Crippen LogP contribution >= 0.6 is 0 Å². The molecule has 0 unspecified atom stereocenters. The lowest BCUT2D eigenvalue weighted by atomic mass is 9.97. The van der Waals surface area contributed by atoms with Gasteiger partial charge in [0.05, 0.1) is 5.69 Å². The van der Waals surface area contributed by atoms with Crippen LogP contribution in [0.25, 0.3) is 79.1 Å². The van der Waals surface area contributed by atoms with Crippen molar-refractivity contribution >= 4 is 0 Å². The molecule has 0 aliphatic heterocycles. The van der Waals surface area contributed by atoms with Crippen molar-refractivity contribution in [1.82, 2.24) is 29.9 Å². The number of hydrogen-bond donors (Lipinski definition) is 0. The molecule has 0 saturated heterocycles. The molecule has 0 saturated carbocycles. The summed E-state index contributed by atoms with van der Waals surface area (Å²) in [5.41, 5.74) is 9.83. The predicted molar refractivity (Wildman–Crippen MR) is 191 cm³/mol. The van der Waals surface area contributed by atoms with Gasteiger partial charge >= 0.3 is 0 Å². The monoisotopic (exact) mass is 616 g/mol. The maximum atomic E-state index is 4.98. The van der Waals surface area contributed by atoms with Gasteiger partial charge in [0.25, 0.3) is 0 Å². The minimum Gasteiger partial charge on any atom is -0.256 e. The van der Waals surface area contributed by atoms with E-state index in [0.717, 1.165) is 55.8 Å². The average Bonchev–Trinajstić information content (AvgIpc) is 3.19. The highest BCUT2D eigenvalue weighted by molar-refractivity contribution is 5.80. The number of rotatable bonds is 7. The van der Waals surface area contributed by atoms with E-state index < -0.39 is 0 Å². The van der Waals surface area contributed by atoms with Crippen molar-refractivity contribution in [2.45, 2.75) is 0 Å². The first-order chi connectivity index (χ1) is 23.8. The summed E-state index contributed by atoms with van der Waals surface area (Å²) in [7, 11) is 0. The lowest BCUT2D eigenvalue weighted by Crippen LogP contribution is -2.00. The first-order valence-electron chi connectivity index (χ1n) is 15.7. The standard InChI is InChI=1S/C42H28N6/c1-4-11-29(12-5-1)34-21-24-43-38(28-34)31-19-17-30(18-20-31)35-25-36(39-44-22-10-23-45-39)27-37(26-35)42-47-40(32-13-6-2-7-14-32)46-41(48-42)33-15-8-3-9-16-33/h1-28H. The van der Waals surface area contributed by atoms with Crippen LogP contribution in [-0.4, -0.2) is 29.9 Å². The third-order valence-corrected chi connectivity index (χ3v) is 8.10. The summed E-state index contributed by atoms with van der Waals surface area (Å²) in [5, 5.41) is 0. The van der Waals surface area contributed by atoms with Gasteiger partial charge < -0.3 is 0 Å². The second-order valence-corrected chi connectivity index (χ2v) is 11.3. The normalized spacial score (nSPS) is 10.9. The minimum atomic E-state index is 0.570. The fourth-order valence-corrected chi connectivity index (χ4v) is 5.67. The molecule has 8 rings (SSSR count). The Balaban J connectivity index is 1.23. The summed E-state index contributed by atoms with van der Waals surface area (Å²) in [6.45, 7) is 0. The Morgan fingerprint density at radius 1 is 0.250 bits per heavy atom. The van der Waals surface area contributed by atoms with E-state index in [9.17, 15) is 0 Å². The first kappa shape index (κ1) is 28.8. The Hall–Kier alpha value is -6.66. The smallest absolute Gasteiger partial charge is 0.164 e. The predicted octanol–water partition coefficient (Wildman–Crippen LogP) is 9.73. The van der Waals surface area contributed by atoms with E-state index in [-0.39, 0.29) is 0 Å². The maximum absolute atomic E-state index is 4.98. The molecule has 0 atom stereocenters. The van der Waals surface area contributed by atoms with Gasteiger partial charge in [-0.3, -0.25) is 4.98 Å². The molecule has 3 heterocycles. The Morgan fingerprint density at radius 3 is 1.29 bits per heavy atom. The second-order valence-electron chi connectivity index (χ2n) is 11.3. The Morgan fingerprint density at radius 2 is 0.708 bits per heavy atom. The topological polar surface area (TPSA) is 77.3 Å². The Labute approximate surface area is 278 Å². The van der Waals surface area contributed by atoms with Crippen LogP contribution in [0.4, 0.5) is 0 Å². The van der Waals surface area contributed by atoms with Crippen LogP contribution < -0.4 is 0 Å². The molecule has 0 aliphatic carbocycles. The molecule has 0 bridgehead atoms. The van der Waals surface area contributed by atoms with Gasteiger partial charge in [-0.25, -0.2) is 24.9 Å². The van der Waals surface area contributed by atoms with Gasteiger partial charge in [0, 0.05) is 46.4 Å². The van der Waals surface area contributed by atoms with Crippen molar-refractivity contribution in [3.8, 4) is 79.1 Å². The molecular weight excluding hydrogens is 589 g/mol. The quantitative estimate of drug-likeness (QED) is 0.177. The summed E-state index contributed by atoms with van der Waals surface area (Å²) in [4.78, 5) is 28.6. The van der Waals surface area contributed by atoms with E-state index in [1.165, 1.54) is 0 Å². The van der Waals surface area contributed by atoms with E-state index in [2.05, 4.69) is 81.7 Å². The summed E-state index contributed by atoms with van der Waals surface area (Å²) in [6, 6.07) is 51.1. The SMILES string of the molecule is c1ccc(-c2ccnc(-c3ccc(-c4cc(-c5ncccn5)cc(-c5nc(-c6ccccc6)nc(-c6ccccc6)n5)c4)cc3)c2)cc1. The molecule has 48 heavy (non-hydrogen) atoms. The molecule has 0 N–H and O–H groups in total. The van der Waals surface area contributed by atoms with Crippen molar-refractivity contribution in [3.63, 3.8) is 0 Å². The molecular formula is C42H28N6. The van der Waals surface area contributed by atoms with E-state index in [4.69, 9.17) is 15.0 Å². The zero-order chi connectivity index (χ0) is 32.1. The summed E-state index contributed by atoms with van der Waals surface area (Å²) in [6.07, 6.45) is 5.37. The van der Waals surface area contributed by atoms with Gasteiger partial charge in [-0.15, -0.1) is 0 Å². The molecule has 226 valence electrons. The van der Waals surface area contributed by atoms with Crippen LogP contribution in [0.15, 0.2) is 170 Å². The number of hydrogen-bond acceptors (Lipinski definition) is 6. The third kappa shape index (κ3) is 6.10. The summed E-state index contributed by atoms with van der Waals surface area (Å²) >= 11 is 0. The number of benzene rings is 5. The van der Waals surface area contributed by atoms with Crippen LogP contribution in [0.3, 0.4) is 0 Å². The fraction of sp³-hybridized carbons (Fsp3) is 0. The highest BCUT2D eigenvalue weighted by Gasteiger charge is 2.15. The largest absolute Gasteiger partial charge is 0.256 e. The van der Waals surface area contributed by atoms with Crippen LogP contribution in [-0.2, 0) is 0 Å². The molecule has 3 aromatic heterocycles.